The van der Waals surface area contributed by atoms with Crippen molar-refractivity contribution in [1.82, 2.24) is 0 Å². The Bertz CT molecular complexity index is 998. The number of rotatable bonds is 36. The van der Waals surface area contributed by atoms with Gasteiger partial charge in [0.2, 0.25) is 0 Å². The van der Waals surface area contributed by atoms with Crippen LogP contribution in [0.4, 0.5) is 0 Å². The number of esters is 2. The lowest BCUT2D eigenvalue weighted by Gasteiger charge is -2.25. The lowest BCUT2D eigenvalue weighted by molar-refractivity contribution is -0.870. The number of carboxylic acid groups (broad SMARTS) is 1. The highest BCUT2D eigenvalue weighted by Gasteiger charge is 2.25. The van der Waals surface area contributed by atoms with Crippen LogP contribution in [0.3, 0.4) is 0 Å². The van der Waals surface area contributed by atoms with Gasteiger partial charge < -0.3 is 28.5 Å². The maximum atomic E-state index is 12.7. The molecule has 9 nitrogen and oxygen atoms in total. The van der Waals surface area contributed by atoms with Gasteiger partial charge in [0.05, 0.1) is 34.4 Å². The smallest absolute Gasteiger partial charge is 0.361 e. The number of aliphatic carboxylic acids is 1. The van der Waals surface area contributed by atoms with Gasteiger partial charge in [-0.15, -0.1) is 0 Å². The van der Waals surface area contributed by atoms with Crippen molar-refractivity contribution < 1.29 is 42.9 Å². The molecule has 0 aromatic heterocycles. The second-order valence-corrected chi connectivity index (χ2v) is 14.6. The third-order valence-corrected chi connectivity index (χ3v) is 8.35. The summed E-state index contributed by atoms with van der Waals surface area (Å²) in [4.78, 5) is 36.9. The number of carbonyl (C=O) groups excluding carboxylic acids is 2. The molecule has 0 spiro atoms. The first-order valence-electron chi connectivity index (χ1n) is 20.3. The molecule has 0 fully saturated rings. The normalized spacial score (nSPS) is 13.5. The van der Waals surface area contributed by atoms with Gasteiger partial charge in [-0.1, -0.05) is 133 Å². The van der Waals surface area contributed by atoms with Crippen molar-refractivity contribution >= 4 is 17.9 Å². The van der Waals surface area contributed by atoms with Crippen LogP contribution in [0, 0.1) is 0 Å². The fourth-order valence-corrected chi connectivity index (χ4v) is 5.18. The average molecular weight is 735 g/mol. The molecule has 2 unspecified atom stereocenters. The maximum Gasteiger partial charge on any atom is 0.361 e. The van der Waals surface area contributed by atoms with E-state index in [1.54, 1.807) is 0 Å². The van der Waals surface area contributed by atoms with E-state index in [2.05, 4.69) is 62.5 Å². The minimum atomic E-state index is -1.51. The maximum absolute atomic E-state index is 12.7. The lowest BCUT2D eigenvalue weighted by atomic mass is 10.1. The summed E-state index contributed by atoms with van der Waals surface area (Å²) >= 11 is 0. The number of hydrogen-bond donors (Lipinski definition) is 1. The third kappa shape index (κ3) is 35.6. The predicted octanol–water partition coefficient (Wildman–Crippen LogP) is 10.0. The summed E-state index contributed by atoms with van der Waals surface area (Å²) in [6.07, 6.45) is 36.0. The van der Waals surface area contributed by atoms with Crippen LogP contribution in [-0.2, 0) is 33.3 Å². The number of allylic oxidation sites excluding steroid dienone is 8. The van der Waals surface area contributed by atoms with Crippen LogP contribution in [0.25, 0.3) is 0 Å². The Kier molecular flexibility index (Phi) is 33.4. The zero-order valence-corrected chi connectivity index (χ0v) is 33.7. The molecule has 0 saturated heterocycles. The monoisotopic (exact) mass is 735 g/mol. The Hall–Kier alpha value is -2.75. The Morgan fingerprint density at radius 1 is 0.596 bits per heavy atom. The second-order valence-electron chi connectivity index (χ2n) is 14.6. The second kappa shape index (κ2) is 35.3. The fourth-order valence-electron chi connectivity index (χ4n) is 5.18. The summed E-state index contributed by atoms with van der Waals surface area (Å²) in [5.41, 5.74) is 0. The van der Waals surface area contributed by atoms with Crippen molar-refractivity contribution in [2.75, 3.05) is 47.5 Å². The van der Waals surface area contributed by atoms with E-state index in [1.165, 1.54) is 44.9 Å². The minimum Gasteiger partial charge on any atom is -0.477 e. The van der Waals surface area contributed by atoms with E-state index in [9.17, 15) is 19.5 Å². The molecule has 0 rings (SSSR count). The van der Waals surface area contributed by atoms with Crippen molar-refractivity contribution in [1.29, 1.82) is 0 Å². The highest BCUT2D eigenvalue weighted by atomic mass is 16.7. The van der Waals surface area contributed by atoms with Gasteiger partial charge in [-0.3, -0.25) is 9.59 Å². The SMILES string of the molecule is CC/C=C\C/C=C\C/C=C\C/C=C\CCCCCCC(=O)OC(COC(=O)CCCCCCCCCCCC)COC(OCC[N+](C)(C)C)C(=O)O. The van der Waals surface area contributed by atoms with Crippen molar-refractivity contribution in [3.63, 3.8) is 0 Å². The highest BCUT2D eigenvalue weighted by molar-refractivity contribution is 5.71. The standard InChI is InChI=1S/C43H75NO8/c1-6-8-10-12-14-16-18-19-20-21-22-23-24-26-28-30-32-34-41(46)52-39(38-51-43(42(47)48)49-36-35-44(3,4)5)37-50-40(45)33-31-29-27-25-17-15-13-11-9-7-2/h8,10,14,16,19-20,22-23,39,43H,6-7,9,11-13,15,17-18,21,24-38H2,1-5H3/p+1/b10-8-,16-14-,20-19-,23-22-. The quantitative estimate of drug-likeness (QED) is 0.0223. The molecule has 0 saturated carbocycles. The number of ether oxygens (including phenoxy) is 4. The molecule has 0 aliphatic rings. The molecule has 1 N–H and O–H groups in total. The average Bonchev–Trinajstić information content (AvgIpc) is 3.09. The fraction of sp³-hybridized carbons (Fsp3) is 0.744. The Morgan fingerprint density at radius 3 is 1.63 bits per heavy atom. The van der Waals surface area contributed by atoms with Crippen molar-refractivity contribution in [2.24, 2.45) is 0 Å². The molecular formula is C43H76NO8+. The van der Waals surface area contributed by atoms with Gasteiger partial charge >= 0.3 is 17.9 Å². The topological polar surface area (TPSA) is 108 Å². The summed E-state index contributed by atoms with van der Waals surface area (Å²) in [6.45, 7) is 4.69. The number of carboxylic acids is 1. The number of likely N-dealkylation sites (N-methyl/N-ethyl adjacent to an activating group) is 1. The molecule has 0 amide bonds. The van der Waals surface area contributed by atoms with Gasteiger partial charge in [0.15, 0.2) is 6.10 Å². The molecule has 52 heavy (non-hydrogen) atoms. The molecule has 9 heteroatoms. The minimum absolute atomic E-state index is 0.182. The van der Waals surface area contributed by atoms with E-state index in [1.807, 2.05) is 21.1 Å². The van der Waals surface area contributed by atoms with Crippen LogP contribution in [0.2, 0.25) is 0 Å². The van der Waals surface area contributed by atoms with E-state index in [0.717, 1.165) is 70.6 Å². The van der Waals surface area contributed by atoms with Gasteiger partial charge in [0.1, 0.15) is 13.2 Å². The highest BCUT2D eigenvalue weighted by Crippen LogP contribution is 2.13. The summed E-state index contributed by atoms with van der Waals surface area (Å²) in [6, 6.07) is 0. The molecule has 0 heterocycles. The van der Waals surface area contributed by atoms with Crippen LogP contribution in [0.1, 0.15) is 149 Å². The zero-order valence-electron chi connectivity index (χ0n) is 33.7. The third-order valence-electron chi connectivity index (χ3n) is 8.35. The van der Waals surface area contributed by atoms with Crippen LogP contribution in [0.15, 0.2) is 48.6 Å². The molecule has 0 aliphatic carbocycles. The summed E-state index contributed by atoms with van der Waals surface area (Å²) in [5, 5.41) is 9.59. The van der Waals surface area contributed by atoms with Gasteiger partial charge in [-0.05, 0) is 51.4 Å². The molecule has 0 aliphatic heterocycles. The van der Waals surface area contributed by atoms with Gasteiger partial charge in [0.25, 0.3) is 6.29 Å². The number of carbonyl (C=O) groups is 3. The largest absolute Gasteiger partial charge is 0.477 e. The predicted molar refractivity (Wildman–Crippen MR) is 212 cm³/mol. The summed E-state index contributed by atoms with van der Waals surface area (Å²) < 4.78 is 22.6. The molecule has 0 aromatic carbocycles. The molecule has 2 atom stereocenters. The van der Waals surface area contributed by atoms with E-state index in [-0.39, 0.29) is 32.2 Å². The number of hydrogen-bond acceptors (Lipinski definition) is 7. The van der Waals surface area contributed by atoms with E-state index < -0.39 is 24.3 Å². The van der Waals surface area contributed by atoms with Gasteiger partial charge in [-0.25, -0.2) is 4.79 Å². The molecule has 0 aromatic rings. The lowest BCUT2D eigenvalue weighted by Crippen LogP contribution is -2.40. The van der Waals surface area contributed by atoms with E-state index in [0.29, 0.717) is 23.9 Å². The van der Waals surface area contributed by atoms with Crippen LogP contribution in [-0.4, -0.2) is 87.4 Å². The van der Waals surface area contributed by atoms with Crippen LogP contribution in [0.5, 0.6) is 0 Å². The Morgan fingerprint density at radius 2 is 1.10 bits per heavy atom. The first kappa shape index (κ1) is 49.2. The number of unbranched alkanes of at least 4 members (excludes halogenated alkanes) is 13. The molecular weight excluding hydrogens is 658 g/mol. The Balaban J connectivity index is 4.55. The van der Waals surface area contributed by atoms with Crippen molar-refractivity contribution in [3.8, 4) is 0 Å². The molecule has 0 bridgehead atoms. The number of nitrogens with zero attached hydrogens (tertiary/aromatic N) is 1. The van der Waals surface area contributed by atoms with Crippen LogP contribution < -0.4 is 0 Å². The zero-order chi connectivity index (χ0) is 38.5. The van der Waals surface area contributed by atoms with E-state index >= 15 is 0 Å². The summed E-state index contributed by atoms with van der Waals surface area (Å²) in [5.74, 6) is -2.05. The summed E-state index contributed by atoms with van der Waals surface area (Å²) in [7, 11) is 5.93. The molecule has 0 radical (unpaired) electrons. The van der Waals surface area contributed by atoms with Gasteiger partial charge in [-0.2, -0.15) is 0 Å². The van der Waals surface area contributed by atoms with Crippen LogP contribution >= 0.6 is 0 Å². The van der Waals surface area contributed by atoms with Crippen molar-refractivity contribution in [3.05, 3.63) is 48.6 Å². The van der Waals surface area contributed by atoms with E-state index in [4.69, 9.17) is 18.9 Å². The number of quaternary nitrogens is 1. The van der Waals surface area contributed by atoms with Gasteiger partial charge in [0, 0.05) is 12.8 Å². The first-order valence-corrected chi connectivity index (χ1v) is 20.3. The van der Waals surface area contributed by atoms with Crippen molar-refractivity contribution in [2.45, 2.75) is 161 Å². The molecule has 300 valence electrons. The first-order chi connectivity index (χ1) is 25.1. The Labute approximate surface area is 317 Å².